The number of rotatable bonds is 3. The highest BCUT2D eigenvalue weighted by atomic mass is 32.2. The molecule has 1 aliphatic heterocycles. The van der Waals surface area contributed by atoms with Crippen LogP contribution in [0.15, 0.2) is 58.3 Å². The summed E-state index contributed by atoms with van der Waals surface area (Å²) in [5.41, 5.74) is 1.73. The quantitative estimate of drug-likeness (QED) is 0.780. The Kier molecular flexibility index (Phi) is 3.61. The van der Waals surface area contributed by atoms with E-state index in [1.165, 1.54) is 11.8 Å². The van der Waals surface area contributed by atoms with Crippen molar-refractivity contribution in [3.05, 3.63) is 64.6 Å². The number of benzene rings is 2. The third kappa shape index (κ3) is 2.37. The fourth-order valence-corrected chi connectivity index (χ4v) is 3.21. The lowest BCUT2D eigenvalue weighted by Crippen LogP contribution is -1.96. The van der Waals surface area contributed by atoms with Crippen molar-refractivity contribution < 1.29 is 9.53 Å². The monoisotopic (exact) mass is 282 g/mol. The highest BCUT2D eigenvalue weighted by Crippen LogP contribution is 2.41. The van der Waals surface area contributed by atoms with E-state index in [9.17, 15) is 4.79 Å². The number of thioether (sulfide) groups is 1. The summed E-state index contributed by atoms with van der Waals surface area (Å²) >= 11 is 1.52. The Morgan fingerprint density at radius 2 is 1.85 bits per heavy atom. The molecule has 2 nitrogen and oxygen atoms in total. The molecule has 0 saturated heterocycles. The summed E-state index contributed by atoms with van der Waals surface area (Å²) in [6, 6.07) is 15.5. The van der Waals surface area contributed by atoms with Crippen molar-refractivity contribution in [3.63, 3.8) is 0 Å². The largest absolute Gasteiger partial charge is 0.493 e. The van der Waals surface area contributed by atoms with Crippen LogP contribution in [0.1, 0.15) is 22.8 Å². The maximum absolute atomic E-state index is 12.3. The molecule has 3 heteroatoms. The summed E-state index contributed by atoms with van der Waals surface area (Å²) < 4.78 is 5.59. The number of para-hydroxylation sites is 1. The summed E-state index contributed by atoms with van der Waals surface area (Å²) in [5.74, 6) is 0.906. The fraction of sp³-hybridized carbons (Fsp3) is 0.118. The predicted octanol–water partition coefficient (Wildman–Crippen LogP) is 4.41. The minimum absolute atomic E-state index is 0.0944. The minimum atomic E-state index is 0.0944. The van der Waals surface area contributed by atoms with E-state index in [0.717, 1.165) is 26.7 Å². The lowest BCUT2D eigenvalue weighted by Gasteiger charge is -2.06. The Labute approximate surface area is 122 Å². The predicted molar refractivity (Wildman–Crippen MR) is 82.2 cm³/mol. The second kappa shape index (κ2) is 5.55. The van der Waals surface area contributed by atoms with Crippen LogP contribution < -0.4 is 4.74 Å². The molecule has 0 bridgehead atoms. The SMILES string of the molecule is CCOc1ccccc1/C=C1\Sc2ccccc2C1=O. The molecule has 0 saturated carbocycles. The molecule has 3 rings (SSSR count). The summed E-state index contributed by atoms with van der Waals surface area (Å²) in [4.78, 5) is 14.1. The zero-order valence-corrected chi connectivity index (χ0v) is 11.9. The smallest absolute Gasteiger partial charge is 0.200 e. The lowest BCUT2D eigenvalue weighted by molar-refractivity contribution is 0.104. The van der Waals surface area contributed by atoms with Gasteiger partial charge in [0.2, 0.25) is 5.78 Å². The molecular formula is C17H14O2S. The number of hydrogen-bond donors (Lipinski definition) is 0. The molecule has 0 unspecified atom stereocenters. The molecule has 0 spiro atoms. The van der Waals surface area contributed by atoms with Crippen LogP contribution in [0.2, 0.25) is 0 Å². The fourth-order valence-electron chi connectivity index (χ4n) is 2.16. The number of hydrogen-bond acceptors (Lipinski definition) is 3. The van der Waals surface area contributed by atoms with E-state index in [2.05, 4.69) is 0 Å². The third-order valence-corrected chi connectivity index (χ3v) is 4.18. The van der Waals surface area contributed by atoms with Gasteiger partial charge in [0, 0.05) is 16.0 Å². The molecule has 100 valence electrons. The average Bonchev–Trinajstić information content (AvgIpc) is 2.79. The first-order valence-electron chi connectivity index (χ1n) is 6.54. The molecule has 1 aliphatic rings. The lowest BCUT2D eigenvalue weighted by atomic mass is 10.1. The van der Waals surface area contributed by atoms with E-state index in [1.54, 1.807) is 0 Å². The molecule has 2 aromatic carbocycles. The van der Waals surface area contributed by atoms with Crippen LogP contribution in [-0.2, 0) is 0 Å². The molecular weight excluding hydrogens is 268 g/mol. The van der Waals surface area contributed by atoms with Gasteiger partial charge in [-0.1, -0.05) is 42.1 Å². The Morgan fingerprint density at radius 3 is 2.65 bits per heavy atom. The van der Waals surface area contributed by atoms with Gasteiger partial charge in [-0.25, -0.2) is 0 Å². The van der Waals surface area contributed by atoms with Gasteiger partial charge in [-0.2, -0.15) is 0 Å². The van der Waals surface area contributed by atoms with Gasteiger partial charge in [-0.05, 0) is 31.2 Å². The van der Waals surface area contributed by atoms with Gasteiger partial charge in [0.05, 0.1) is 11.5 Å². The number of carbonyl (C=O) groups is 1. The Hall–Kier alpha value is -2.00. The van der Waals surface area contributed by atoms with Crippen molar-refractivity contribution in [2.75, 3.05) is 6.61 Å². The van der Waals surface area contributed by atoms with Crippen molar-refractivity contribution in [3.8, 4) is 5.75 Å². The van der Waals surface area contributed by atoms with Crippen molar-refractivity contribution in [2.24, 2.45) is 0 Å². The molecule has 0 aliphatic carbocycles. The highest BCUT2D eigenvalue weighted by Gasteiger charge is 2.25. The van der Waals surface area contributed by atoms with Crippen LogP contribution in [-0.4, -0.2) is 12.4 Å². The van der Waals surface area contributed by atoms with E-state index in [0.29, 0.717) is 6.61 Å². The summed E-state index contributed by atoms with van der Waals surface area (Å²) in [6.07, 6.45) is 1.91. The van der Waals surface area contributed by atoms with Crippen LogP contribution in [0.25, 0.3) is 6.08 Å². The van der Waals surface area contributed by atoms with Crippen molar-refractivity contribution in [2.45, 2.75) is 11.8 Å². The molecule has 0 aromatic heterocycles. The van der Waals surface area contributed by atoms with E-state index >= 15 is 0 Å². The van der Waals surface area contributed by atoms with E-state index in [4.69, 9.17) is 4.74 Å². The second-order valence-corrected chi connectivity index (χ2v) is 5.49. The number of ketones is 1. The zero-order valence-electron chi connectivity index (χ0n) is 11.1. The first-order chi connectivity index (χ1) is 9.79. The first-order valence-corrected chi connectivity index (χ1v) is 7.36. The van der Waals surface area contributed by atoms with E-state index < -0.39 is 0 Å². The van der Waals surface area contributed by atoms with Crippen molar-refractivity contribution in [1.29, 1.82) is 0 Å². The van der Waals surface area contributed by atoms with Crippen LogP contribution in [0.5, 0.6) is 5.75 Å². The van der Waals surface area contributed by atoms with Gasteiger partial charge in [0.25, 0.3) is 0 Å². The first kappa shape index (κ1) is 13.0. The van der Waals surface area contributed by atoms with Gasteiger partial charge in [0.15, 0.2) is 0 Å². The maximum atomic E-state index is 12.3. The Bertz CT molecular complexity index is 689. The number of Topliss-reactive ketones (excluding diaryl/α,β-unsaturated/α-hetero) is 1. The second-order valence-electron chi connectivity index (χ2n) is 4.41. The van der Waals surface area contributed by atoms with Gasteiger partial charge in [0.1, 0.15) is 5.75 Å². The topological polar surface area (TPSA) is 26.3 Å². The molecule has 20 heavy (non-hydrogen) atoms. The van der Waals surface area contributed by atoms with E-state index in [-0.39, 0.29) is 5.78 Å². The van der Waals surface area contributed by atoms with Crippen molar-refractivity contribution in [1.82, 2.24) is 0 Å². The normalized spacial score (nSPS) is 15.4. The van der Waals surface area contributed by atoms with Gasteiger partial charge < -0.3 is 4.74 Å². The molecule has 0 N–H and O–H groups in total. The average molecular weight is 282 g/mol. The number of ether oxygens (including phenoxy) is 1. The van der Waals surface area contributed by atoms with Crippen LogP contribution in [0.4, 0.5) is 0 Å². The molecule has 0 amide bonds. The molecule has 2 aromatic rings. The maximum Gasteiger partial charge on any atom is 0.200 e. The van der Waals surface area contributed by atoms with Crippen LogP contribution in [0.3, 0.4) is 0 Å². The van der Waals surface area contributed by atoms with Crippen molar-refractivity contribution >= 4 is 23.6 Å². The zero-order chi connectivity index (χ0) is 13.9. The summed E-state index contributed by atoms with van der Waals surface area (Å²) in [7, 11) is 0. The molecule has 0 fully saturated rings. The van der Waals surface area contributed by atoms with Gasteiger partial charge in [-0.15, -0.1) is 0 Å². The van der Waals surface area contributed by atoms with Gasteiger partial charge in [-0.3, -0.25) is 4.79 Å². The Morgan fingerprint density at radius 1 is 1.10 bits per heavy atom. The number of carbonyl (C=O) groups excluding carboxylic acids is 1. The third-order valence-electron chi connectivity index (χ3n) is 3.08. The van der Waals surface area contributed by atoms with Crippen LogP contribution >= 0.6 is 11.8 Å². The standard InChI is InChI=1S/C17H14O2S/c1-2-19-14-9-5-3-7-12(14)11-16-17(18)13-8-4-6-10-15(13)20-16/h3-11H,2H2,1H3/b16-11-. The number of allylic oxidation sites excluding steroid dienone is 1. The molecule has 0 radical (unpaired) electrons. The minimum Gasteiger partial charge on any atom is -0.493 e. The van der Waals surface area contributed by atoms with E-state index in [1.807, 2.05) is 61.5 Å². The molecule has 1 heterocycles. The summed E-state index contributed by atoms with van der Waals surface area (Å²) in [6.45, 7) is 2.57. The highest BCUT2D eigenvalue weighted by molar-refractivity contribution is 8.04. The molecule has 0 atom stereocenters. The van der Waals surface area contributed by atoms with Gasteiger partial charge >= 0.3 is 0 Å². The number of fused-ring (bicyclic) bond motifs is 1. The Balaban J connectivity index is 1.97. The van der Waals surface area contributed by atoms with Crippen LogP contribution in [0, 0.1) is 0 Å². The summed E-state index contributed by atoms with van der Waals surface area (Å²) in [5, 5.41) is 0.